The number of hydrogen-bond donors (Lipinski definition) is 4. The highest BCUT2D eigenvalue weighted by Crippen LogP contribution is 2.52. The molecule has 1 aromatic carbocycles. The van der Waals surface area contributed by atoms with E-state index in [1.54, 1.807) is 12.1 Å². The molecule has 2 aromatic rings. The summed E-state index contributed by atoms with van der Waals surface area (Å²) in [5, 5.41) is 16.4. The van der Waals surface area contributed by atoms with Crippen molar-refractivity contribution in [2.75, 3.05) is 51.3 Å². The Morgan fingerprint density at radius 2 is 1.73 bits per heavy atom. The number of carboxylic acid groups (broad SMARTS) is 1. The lowest BCUT2D eigenvalue weighted by atomic mass is 10.0. The standard InChI is InChI=1S/C43H61ClN6O9/c1-25(2)46-37-23-36(31-10-11-35(38(44)39(31)48-37)57-17-14-49-12-15-56-16-13-49)58-30-22-34(40(45)51)50(24-30)41(52)33(47-43(55)59-29-19-27-18-28(27)20-29)9-7-5-3-4-6-8-26-21-32(26)42(53)54/h10-11,23,25-30,32-34H,3-9,12-22,24H2,1-2H3,(H2,45,51)(H,46,48)(H,47,55)(H,53,54)/t26-,27-,28+,29?,30-,32+,33+,34+/m1/s1. The predicted octanol–water partition coefficient (Wildman–Crippen LogP) is 5.60. The fourth-order valence-electron chi connectivity index (χ4n) is 9.17. The summed E-state index contributed by atoms with van der Waals surface area (Å²) in [6.07, 6.45) is 8.16. The van der Waals surface area contributed by atoms with Gasteiger partial charge in [0.25, 0.3) is 0 Å². The first-order chi connectivity index (χ1) is 28.4. The van der Waals surface area contributed by atoms with Crippen molar-refractivity contribution in [2.24, 2.45) is 29.4 Å². The zero-order valence-corrected chi connectivity index (χ0v) is 35.1. The molecule has 5 fully saturated rings. The van der Waals surface area contributed by atoms with Gasteiger partial charge in [0.05, 0.1) is 31.2 Å². The molecule has 3 amide bonds. The number of halogens is 1. The Balaban J connectivity index is 1.01. The third-order valence-electron chi connectivity index (χ3n) is 12.6. The number of morpholine rings is 1. The van der Waals surface area contributed by atoms with Gasteiger partial charge in [0.15, 0.2) is 0 Å². The Bertz CT molecular complexity index is 1820. The van der Waals surface area contributed by atoms with Gasteiger partial charge in [-0.15, -0.1) is 0 Å². The van der Waals surface area contributed by atoms with Gasteiger partial charge in [-0.3, -0.25) is 19.3 Å². The van der Waals surface area contributed by atoms with Gasteiger partial charge in [0.2, 0.25) is 11.8 Å². The van der Waals surface area contributed by atoms with E-state index in [2.05, 4.69) is 15.5 Å². The largest absolute Gasteiger partial charge is 0.491 e. The van der Waals surface area contributed by atoms with Crippen molar-refractivity contribution in [3.63, 3.8) is 0 Å². The second-order valence-electron chi connectivity index (χ2n) is 17.5. The van der Waals surface area contributed by atoms with Crippen LogP contribution in [0.5, 0.6) is 11.5 Å². The number of ether oxygens (including phenoxy) is 4. The highest BCUT2D eigenvalue weighted by molar-refractivity contribution is 6.36. The molecule has 3 aliphatic carbocycles. The zero-order chi connectivity index (χ0) is 41.6. The number of carbonyl (C=O) groups is 4. The quantitative estimate of drug-likeness (QED) is 0.114. The van der Waals surface area contributed by atoms with Gasteiger partial charge in [0, 0.05) is 43.5 Å². The Morgan fingerprint density at radius 1 is 0.983 bits per heavy atom. The van der Waals surface area contributed by atoms with Crippen molar-refractivity contribution >= 4 is 52.2 Å². The number of aliphatic carboxylic acids is 1. The van der Waals surface area contributed by atoms with Gasteiger partial charge >= 0.3 is 12.1 Å². The van der Waals surface area contributed by atoms with E-state index < -0.39 is 42.1 Å². The molecule has 0 radical (unpaired) electrons. The average Bonchev–Trinajstić information content (AvgIpc) is 4.06. The molecule has 0 bridgehead atoms. The highest BCUT2D eigenvalue weighted by Gasteiger charge is 2.48. The number of carboxylic acids is 1. The van der Waals surface area contributed by atoms with Gasteiger partial charge in [-0.05, 0) is 82.3 Å². The van der Waals surface area contributed by atoms with Crippen molar-refractivity contribution < 1.29 is 43.2 Å². The Hall–Kier alpha value is -4.08. The minimum Gasteiger partial charge on any atom is -0.491 e. The number of anilines is 1. The van der Waals surface area contributed by atoms with Gasteiger partial charge < -0.3 is 45.3 Å². The molecular weight excluding hydrogens is 780 g/mol. The number of nitrogens with two attached hydrogens (primary N) is 1. The second-order valence-corrected chi connectivity index (χ2v) is 17.9. The van der Waals surface area contributed by atoms with E-state index in [0.717, 1.165) is 71.0 Å². The average molecular weight is 841 g/mol. The maximum Gasteiger partial charge on any atom is 0.408 e. The molecule has 5 aliphatic rings. The van der Waals surface area contributed by atoms with E-state index in [1.165, 1.54) is 11.3 Å². The minimum atomic E-state index is -0.941. The van der Waals surface area contributed by atoms with Gasteiger partial charge in [-0.1, -0.05) is 43.7 Å². The highest BCUT2D eigenvalue weighted by atomic mass is 35.5. The molecule has 2 aliphatic heterocycles. The lowest BCUT2D eigenvalue weighted by Gasteiger charge is -2.28. The summed E-state index contributed by atoms with van der Waals surface area (Å²) in [7, 11) is 0. The molecule has 5 N–H and O–H groups in total. The van der Waals surface area contributed by atoms with Crippen LogP contribution in [0.15, 0.2) is 18.2 Å². The molecule has 16 heteroatoms. The number of nitrogens with one attached hydrogen (secondary N) is 2. The van der Waals surface area contributed by atoms with E-state index >= 15 is 0 Å². The third kappa shape index (κ3) is 11.4. The smallest absolute Gasteiger partial charge is 0.408 e. The number of carbonyl (C=O) groups excluding carboxylic acids is 3. The molecule has 1 aromatic heterocycles. The van der Waals surface area contributed by atoms with Crippen molar-refractivity contribution in [3.05, 3.63) is 23.2 Å². The number of benzene rings is 1. The summed E-state index contributed by atoms with van der Waals surface area (Å²) >= 11 is 6.95. The second kappa shape index (κ2) is 19.5. The van der Waals surface area contributed by atoms with Crippen LogP contribution in [0.3, 0.4) is 0 Å². The molecule has 0 spiro atoms. The summed E-state index contributed by atoms with van der Waals surface area (Å²) in [6, 6.07) is 3.66. The van der Waals surface area contributed by atoms with E-state index in [4.69, 9.17) is 41.3 Å². The monoisotopic (exact) mass is 840 g/mol. The number of unbranched alkanes of at least 4 members (excludes halogenated alkanes) is 4. The van der Waals surface area contributed by atoms with Crippen LogP contribution >= 0.6 is 11.6 Å². The number of likely N-dealkylation sites (tertiary alicyclic amines) is 1. The van der Waals surface area contributed by atoms with Crippen LogP contribution in [-0.2, 0) is 23.9 Å². The maximum absolute atomic E-state index is 14.4. The molecule has 1 unspecified atom stereocenters. The molecule has 15 nitrogen and oxygen atoms in total. The zero-order valence-electron chi connectivity index (χ0n) is 34.4. The van der Waals surface area contributed by atoms with Crippen LogP contribution in [-0.4, -0.2) is 120 Å². The van der Waals surface area contributed by atoms with Gasteiger partial charge in [0.1, 0.15) is 53.2 Å². The number of fused-ring (bicyclic) bond motifs is 2. The number of aromatic nitrogens is 1. The minimum absolute atomic E-state index is 0.0585. The number of primary amides is 1. The lowest BCUT2D eigenvalue weighted by Crippen LogP contribution is -2.53. The first-order valence-corrected chi connectivity index (χ1v) is 22.1. The summed E-state index contributed by atoms with van der Waals surface area (Å²) < 4.78 is 24.0. The number of alkyl carbamates (subject to hydrolysis) is 1. The van der Waals surface area contributed by atoms with Crippen molar-refractivity contribution in [1.29, 1.82) is 0 Å². The van der Waals surface area contributed by atoms with E-state index in [9.17, 15) is 24.3 Å². The third-order valence-corrected chi connectivity index (χ3v) is 13.0. The number of nitrogens with zero attached hydrogens (tertiary/aromatic N) is 3. The summed E-state index contributed by atoms with van der Waals surface area (Å²) in [5.74, 6) is 1.15. The first kappa shape index (κ1) is 43.0. The van der Waals surface area contributed by atoms with Crippen LogP contribution in [0.1, 0.15) is 90.9 Å². The fraction of sp³-hybridized carbons (Fsp3) is 0.698. The summed E-state index contributed by atoms with van der Waals surface area (Å²) in [6.45, 7) is 8.39. The molecule has 8 atom stereocenters. The number of pyridine rings is 1. The molecular formula is C43H61ClN6O9. The van der Waals surface area contributed by atoms with E-state index in [1.807, 2.05) is 19.9 Å². The maximum atomic E-state index is 14.4. The fourth-order valence-corrected chi connectivity index (χ4v) is 9.43. The van der Waals surface area contributed by atoms with Crippen molar-refractivity contribution in [3.8, 4) is 11.5 Å². The van der Waals surface area contributed by atoms with Crippen LogP contribution < -0.4 is 25.8 Å². The first-order valence-electron chi connectivity index (χ1n) is 21.7. The topological polar surface area (TPSA) is 195 Å². The Kier molecular flexibility index (Phi) is 14.2. The van der Waals surface area contributed by atoms with E-state index in [-0.39, 0.29) is 31.0 Å². The normalized spacial score (nSPS) is 26.6. The number of rotatable bonds is 21. The summed E-state index contributed by atoms with van der Waals surface area (Å²) in [4.78, 5) is 60.2. The summed E-state index contributed by atoms with van der Waals surface area (Å²) in [5.41, 5.74) is 6.42. The Morgan fingerprint density at radius 3 is 2.44 bits per heavy atom. The molecule has 59 heavy (non-hydrogen) atoms. The van der Waals surface area contributed by atoms with Crippen LogP contribution in [0.4, 0.5) is 10.6 Å². The number of amides is 3. The Labute approximate surface area is 351 Å². The number of hydrogen-bond acceptors (Lipinski definition) is 11. The van der Waals surface area contributed by atoms with Crippen molar-refractivity contribution in [1.82, 2.24) is 20.1 Å². The van der Waals surface area contributed by atoms with Crippen LogP contribution in [0, 0.1) is 23.7 Å². The predicted molar refractivity (Wildman–Crippen MR) is 222 cm³/mol. The van der Waals surface area contributed by atoms with Crippen molar-refractivity contribution in [2.45, 2.75) is 121 Å². The lowest BCUT2D eigenvalue weighted by molar-refractivity contribution is -0.139. The SMILES string of the molecule is CC(C)Nc1cc(O[C@@H]2C[C@@H](C(N)=O)N(C(=O)[C@H](CCCCCCC[C@@H]3C[C@@H]3C(=O)O)NC(=O)OC3C[C@@H]4C[C@@H]4C3)C2)c2ccc(OCCN3CCOCC3)c(Cl)c2n1. The van der Waals surface area contributed by atoms with Gasteiger partial charge in [-0.25, -0.2) is 9.78 Å². The van der Waals surface area contributed by atoms with Gasteiger partial charge in [-0.2, -0.15) is 0 Å². The molecule has 7 rings (SSSR count). The molecule has 3 heterocycles. The molecule has 2 saturated heterocycles. The van der Waals surface area contributed by atoms with Crippen LogP contribution in [0.25, 0.3) is 10.9 Å². The van der Waals surface area contributed by atoms with Crippen LogP contribution in [0.2, 0.25) is 5.02 Å². The molecule has 3 saturated carbocycles. The van der Waals surface area contributed by atoms with E-state index in [0.29, 0.717) is 83.7 Å². The molecule has 324 valence electrons.